The van der Waals surface area contributed by atoms with Crippen LogP contribution in [0.25, 0.3) is 0 Å². The van der Waals surface area contributed by atoms with Gasteiger partial charge in [-0.3, -0.25) is 0 Å². The van der Waals surface area contributed by atoms with Crippen LogP contribution in [-0.4, -0.2) is 26.0 Å². The zero-order chi connectivity index (χ0) is 12.2. The van der Waals surface area contributed by atoms with Crippen LogP contribution in [0.5, 0.6) is 0 Å². The molecule has 16 heavy (non-hydrogen) atoms. The Bertz CT molecular complexity index is 443. The summed E-state index contributed by atoms with van der Waals surface area (Å²) in [6.07, 6.45) is 1.56. The second-order valence-corrected chi connectivity index (χ2v) is 5.34. The number of hydrogen-bond acceptors (Lipinski definition) is 4. The standard InChI is InChI=1S/C10H17N3O2S/c1-4-11-10-9(6-5-7-12-10)16(14,15)13-8(2)3/h5-8,13H,4H2,1-3H3,(H,11,12). The van der Waals surface area contributed by atoms with E-state index >= 15 is 0 Å². The van der Waals surface area contributed by atoms with Gasteiger partial charge in [0.15, 0.2) is 0 Å². The van der Waals surface area contributed by atoms with Gasteiger partial charge in [0.2, 0.25) is 10.0 Å². The summed E-state index contributed by atoms with van der Waals surface area (Å²) in [5, 5.41) is 2.93. The fraction of sp³-hybridized carbons (Fsp3) is 0.500. The zero-order valence-corrected chi connectivity index (χ0v) is 10.5. The molecule has 0 saturated carbocycles. The largest absolute Gasteiger partial charge is 0.369 e. The van der Waals surface area contributed by atoms with Crippen LogP contribution in [-0.2, 0) is 10.0 Å². The van der Waals surface area contributed by atoms with Crippen molar-refractivity contribution in [3.63, 3.8) is 0 Å². The van der Waals surface area contributed by atoms with Gasteiger partial charge < -0.3 is 5.32 Å². The highest BCUT2D eigenvalue weighted by atomic mass is 32.2. The van der Waals surface area contributed by atoms with E-state index in [1.165, 1.54) is 6.07 Å². The van der Waals surface area contributed by atoms with Gasteiger partial charge in [0.05, 0.1) is 0 Å². The quantitative estimate of drug-likeness (QED) is 0.815. The van der Waals surface area contributed by atoms with E-state index in [-0.39, 0.29) is 10.9 Å². The number of nitrogens with zero attached hydrogens (tertiary/aromatic N) is 1. The molecule has 0 fully saturated rings. The third-order valence-electron chi connectivity index (χ3n) is 1.80. The zero-order valence-electron chi connectivity index (χ0n) is 9.69. The number of hydrogen-bond donors (Lipinski definition) is 2. The van der Waals surface area contributed by atoms with Gasteiger partial charge in [-0.15, -0.1) is 0 Å². The first kappa shape index (κ1) is 12.9. The fourth-order valence-corrected chi connectivity index (χ4v) is 2.67. The first-order valence-electron chi connectivity index (χ1n) is 5.18. The van der Waals surface area contributed by atoms with E-state index in [0.717, 1.165) is 0 Å². The Balaban J connectivity index is 3.11. The van der Waals surface area contributed by atoms with Crippen molar-refractivity contribution in [1.29, 1.82) is 0 Å². The maximum atomic E-state index is 11.9. The maximum absolute atomic E-state index is 11.9. The van der Waals surface area contributed by atoms with E-state index in [0.29, 0.717) is 12.4 Å². The molecule has 0 aromatic carbocycles. The summed E-state index contributed by atoms with van der Waals surface area (Å²) in [5.41, 5.74) is 0. The van der Waals surface area contributed by atoms with E-state index < -0.39 is 10.0 Å². The van der Waals surface area contributed by atoms with Crippen molar-refractivity contribution in [3.8, 4) is 0 Å². The molecule has 6 heteroatoms. The minimum absolute atomic E-state index is 0.139. The Morgan fingerprint density at radius 2 is 2.12 bits per heavy atom. The molecule has 0 bridgehead atoms. The van der Waals surface area contributed by atoms with Gasteiger partial charge in [-0.2, -0.15) is 0 Å². The summed E-state index contributed by atoms with van der Waals surface area (Å²) in [4.78, 5) is 4.20. The molecule has 0 unspecified atom stereocenters. The average molecular weight is 243 g/mol. The van der Waals surface area contributed by atoms with Crippen LogP contribution in [0.3, 0.4) is 0 Å². The summed E-state index contributed by atoms with van der Waals surface area (Å²) in [6, 6.07) is 3.01. The van der Waals surface area contributed by atoms with E-state index in [1.807, 2.05) is 6.92 Å². The predicted molar refractivity (Wildman–Crippen MR) is 63.9 cm³/mol. The van der Waals surface area contributed by atoms with Gasteiger partial charge in [0, 0.05) is 18.8 Å². The molecular formula is C10H17N3O2S. The molecule has 0 atom stereocenters. The number of sulfonamides is 1. The lowest BCUT2D eigenvalue weighted by atomic mass is 10.4. The van der Waals surface area contributed by atoms with E-state index in [4.69, 9.17) is 0 Å². The van der Waals surface area contributed by atoms with Crippen LogP contribution in [0.1, 0.15) is 20.8 Å². The summed E-state index contributed by atoms with van der Waals surface area (Å²) >= 11 is 0. The normalized spacial score (nSPS) is 11.8. The van der Waals surface area contributed by atoms with Crippen molar-refractivity contribution in [2.45, 2.75) is 31.7 Å². The highest BCUT2D eigenvalue weighted by molar-refractivity contribution is 7.89. The molecule has 1 aromatic heterocycles. The third kappa shape index (κ3) is 3.18. The van der Waals surface area contributed by atoms with Gasteiger partial charge in [-0.1, -0.05) is 0 Å². The van der Waals surface area contributed by atoms with Crippen LogP contribution < -0.4 is 10.0 Å². The third-order valence-corrected chi connectivity index (χ3v) is 3.49. The topological polar surface area (TPSA) is 71.1 Å². The van der Waals surface area contributed by atoms with Crippen molar-refractivity contribution in [1.82, 2.24) is 9.71 Å². The van der Waals surface area contributed by atoms with Gasteiger partial charge >= 0.3 is 0 Å². The van der Waals surface area contributed by atoms with Crippen LogP contribution in [0.15, 0.2) is 23.2 Å². The van der Waals surface area contributed by atoms with Crippen molar-refractivity contribution in [2.75, 3.05) is 11.9 Å². The Kier molecular flexibility index (Phi) is 4.26. The highest BCUT2D eigenvalue weighted by Crippen LogP contribution is 2.17. The summed E-state index contributed by atoms with van der Waals surface area (Å²) < 4.78 is 26.4. The van der Waals surface area contributed by atoms with Gasteiger partial charge in [-0.05, 0) is 32.9 Å². The van der Waals surface area contributed by atoms with Crippen LogP contribution in [0.2, 0.25) is 0 Å². The van der Waals surface area contributed by atoms with Crippen molar-refractivity contribution in [2.24, 2.45) is 0 Å². The molecule has 90 valence electrons. The monoisotopic (exact) mass is 243 g/mol. The minimum atomic E-state index is -3.49. The molecule has 0 saturated heterocycles. The molecule has 0 spiro atoms. The number of rotatable bonds is 5. The molecule has 0 amide bonds. The molecule has 0 aliphatic rings. The Morgan fingerprint density at radius 1 is 1.44 bits per heavy atom. The molecule has 0 radical (unpaired) electrons. The summed E-state index contributed by atoms with van der Waals surface area (Å²) in [5.74, 6) is 0.387. The SMILES string of the molecule is CCNc1ncccc1S(=O)(=O)NC(C)C. The fourth-order valence-electron chi connectivity index (χ4n) is 1.28. The Morgan fingerprint density at radius 3 is 2.69 bits per heavy atom. The lowest BCUT2D eigenvalue weighted by Crippen LogP contribution is -2.31. The number of aromatic nitrogens is 1. The van der Waals surface area contributed by atoms with E-state index in [9.17, 15) is 8.42 Å². The van der Waals surface area contributed by atoms with Crippen LogP contribution >= 0.6 is 0 Å². The molecule has 1 heterocycles. The molecular weight excluding hydrogens is 226 g/mol. The van der Waals surface area contributed by atoms with Gasteiger partial charge in [0.1, 0.15) is 10.7 Å². The molecule has 0 aliphatic heterocycles. The Hall–Kier alpha value is -1.14. The average Bonchev–Trinajstić information content (AvgIpc) is 2.17. The van der Waals surface area contributed by atoms with Gasteiger partial charge in [0.25, 0.3) is 0 Å². The second kappa shape index (κ2) is 5.27. The van der Waals surface area contributed by atoms with Gasteiger partial charge in [-0.25, -0.2) is 18.1 Å². The second-order valence-electron chi connectivity index (χ2n) is 3.66. The van der Waals surface area contributed by atoms with E-state index in [1.54, 1.807) is 26.1 Å². The number of anilines is 1. The lowest BCUT2D eigenvalue weighted by molar-refractivity contribution is 0.570. The highest BCUT2D eigenvalue weighted by Gasteiger charge is 2.19. The minimum Gasteiger partial charge on any atom is -0.369 e. The Labute approximate surface area is 96.3 Å². The molecule has 2 N–H and O–H groups in total. The van der Waals surface area contributed by atoms with Crippen molar-refractivity contribution >= 4 is 15.8 Å². The predicted octanol–water partition coefficient (Wildman–Crippen LogP) is 1.20. The van der Waals surface area contributed by atoms with Crippen molar-refractivity contribution in [3.05, 3.63) is 18.3 Å². The van der Waals surface area contributed by atoms with Crippen LogP contribution in [0.4, 0.5) is 5.82 Å². The summed E-state index contributed by atoms with van der Waals surface area (Å²) in [7, 11) is -3.49. The maximum Gasteiger partial charge on any atom is 0.244 e. The molecule has 1 rings (SSSR count). The number of nitrogens with one attached hydrogen (secondary N) is 2. The van der Waals surface area contributed by atoms with Crippen LogP contribution in [0, 0.1) is 0 Å². The smallest absolute Gasteiger partial charge is 0.244 e. The first-order chi connectivity index (χ1) is 7.47. The summed E-state index contributed by atoms with van der Waals surface area (Å²) in [6.45, 7) is 6.07. The lowest BCUT2D eigenvalue weighted by Gasteiger charge is -2.12. The van der Waals surface area contributed by atoms with E-state index in [2.05, 4.69) is 15.0 Å². The molecule has 0 aliphatic carbocycles. The molecule has 1 aromatic rings. The molecule has 5 nitrogen and oxygen atoms in total. The van der Waals surface area contributed by atoms with Crippen molar-refractivity contribution < 1.29 is 8.42 Å². The first-order valence-corrected chi connectivity index (χ1v) is 6.67. The number of pyridine rings is 1.